The second-order valence-electron chi connectivity index (χ2n) is 3.74. The maximum Gasteiger partial charge on any atom is 0.200 e. The van der Waals surface area contributed by atoms with E-state index in [0.717, 1.165) is 11.3 Å². The van der Waals surface area contributed by atoms with Crippen molar-refractivity contribution in [1.82, 2.24) is 0 Å². The molecule has 108 valence electrons. The van der Waals surface area contributed by atoms with E-state index in [0.29, 0.717) is 7.57 Å². The van der Waals surface area contributed by atoms with Crippen LogP contribution in [0, 0.1) is 29.1 Å². The zero-order valence-corrected chi connectivity index (χ0v) is 13.3. The first kappa shape index (κ1) is 15.9. The van der Waals surface area contributed by atoms with Gasteiger partial charge in [0.05, 0.1) is 19.2 Å². The number of hydrogen-bond acceptors (Lipinski definition) is 2. The van der Waals surface area contributed by atoms with E-state index in [1.54, 1.807) is 0 Å². The summed E-state index contributed by atoms with van der Waals surface area (Å²) in [5, 5.41) is 0. The molecule has 1 heterocycles. The Bertz CT molecular complexity index is 659. The van der Waals surface area contributed by atoms with Crippen LogP contribution in [-0.4, -0.2) is 0 Å². The van der Waals surface area contributed by atoms with Crippen LogP contribution >= 0.6 is 43.2 Å². The van der Waals surface area contributed by atoms with Crippen molar-refractivity contribution in [2.24, 2.45) is 5.73 Å². The molecule has 0 aliphatic carbocycles. The van der Waals surface area contributed by atoms with Gasteiger partial charge in [0.25, 0.3) is 0 Å². The molecule has 1 atom stereocenters. The molecule has 0 amide bonds. The second kappa shape index (κ2) is 5.70. The zero-order chi connectivity index (χ0) is 15.2. The average molecular weight is 437 g/mol. The molecule has 0 bridgehead atoms. The van der Waals surface area contributed by atoms with Crippen LogP contribution in [0.25, 0.3) is 0 Å². The summed E-state index contributed by atoms with van der Waals surface area (Å²) in [7, 11) is 0. The molecule has 0 saturated carbocycles. The predicted molar refractivity (Wildman–Crippen MR) is 72.0 cm³/mol. The number of nitrogens with two attached hydrogens (primary N) is 1. The average Bonchev–Trinajstić information content (AvgIpc) is 2.73. The Balaban J connectivity index is 2.67. The lowest BCUT2D eigenvalue weighted by Crippen LogP contribution is -2.18. The van der Waals surface area contributed by atoms with Crippen molar-refractivity contribution in [2.45, 2.75) is 6.04 Å². The fourth-order valence-electron chi connectivity index (χ4n) is 1.62. The van der Waals surface area contributed by atoms with Crippen molar-refractivity contribution in [2.75, 3.05) is 0 Å². The topological polar surface area (TPSA) is 26.0 Å². The van der Waals surface area contributed by atoms with Crippen LogP contribution in [0.4, 0.5) is 22.0 Å². The van der Waals surface area contributed by atoms with E-state index in [2.05, 4.69) is 31.9 Å². The summed E-state index contributed by atoms with van der Waals surface area (Å²) < 4.78 is 67.6. The minimum absolute atomic E-state index is 0.213. The van der Waals surface area contributed by atoms with Crippen LogP contribution in [-0.2, 0) is 0 Å². The molecule has 9 heteroatoms. The molecule has 0 aliphatic heterocycles. The van der Waals surface area contributed by atoms with Gasteiger partial charge in [-0.25, -0.2) is 22.0 Å². The number of benzene rings is 1. The van der Waals surface area contributed by atoms with E-state index in [1.807, 2.05) is 0 Å². The first-order valence-electron chi connectivity index (χ1n) is 4.97. The first-order chi connectivity index (χ1) is 9.25. The van der Waals surface area contributed by atoms with Crippen molar-refractivity contribution < 1.29 is 22.0 Å². The van der Waals surface area contributed by atoms with Crippen molar-refractivity contribution in [3.63, 3.8) is 0 Å². The SMILES string of the molecule is NC(c1cc(Br)sc1Br)c1c(F)c(F)c(F)c(F)c1F. The molecule has 0 aliphatic rings. The molecule has 2 aromatic rings. The van der Waals surface area contributed by atoms with Gasteiger partial charge in [0.15, 0.2) is 23.3 Å². The quantitative estimate of drug-likeness (QED) is 0.399. The lowest BCUT2D eigenvalue weighted by molar-refractivity contribution is 0.367. The fourth-order valence-corrected chi connectivity index (χ4v) is 4.54. The molecule has 1 aromatic carbocycles. The molecule has 0 spiro atoms. The Morgan fingerprint density at radius 3 is 1.75 bits per heavy atom. The standard InChI is InChI=1S/C11H4Br2F5NS/c12-3-1-2(11(13)20-3)10(19)4-5(14)7(16)9(18)8(17)6(4)15/h1,10H,19H2. The van der Waals surface area contributed by atoms with Gasteiger partial charge in [-0.1, -0.05) is 0 Å². The molecule has 2 rings (SSSR count). The van der Waals surface area contributed by atoms with Crippen LogP contribution < -0.4 is 5.73 Å². The lowest BCUT2D eigenvalue weighted by atomic mass is 10.0. The minimum Gasteiger partial charge on any atom is -0.320 e. The third kappa shape index (κ3) is 2.51. The largest absolute Gasteiger partial charge is 0.320 e. The summed E-state index contributed by atoms with van der Waals surface area (Å²) in [6, 6.07) is -0.0474. The summed E-state index contributed by atoms with van der Waals surface area (Å²) in [4.78, 5) is 0. The summed E-state index contributed by atoms with van der Waals surface area (Å²) in [6.45, 7) is 0. The third-order valence-corrected chi connectivity index (χ3v) is 4.96. The number of rotatable bonds is 2. The number of hydrogen-bond donors (Lipinski definition) is 1. The molecule has 1 aromatic heterocycles. The molecule has 0 fully saturated rings. The first-order valence-corrected chi connectivity index (χ1v) is 7.37. The summed E-state index contributed by atoms with van der Waals surface area (Å²) in [5.41, 5.74) is 4.79. The van der Waals surface area contributed by atoms with Gasteiger partial charge in [0.2, 0.25) is 5.82 Å². The summed E-state index contributed by atoms with van der Waals surface area (Å²) in [5.74, 6) is -10.1. The normalized spacial score (nSPS) is 12.8. The highest BCUT2D eigenvalue weighted by Crippen LogP contribution is 2.39. The van der Waals surface area contributed by atoms with Gasteiger partial charge >= 0.3 is 0 Å². The van der Waals surface area contributed by atoms with Crippen LogP contribution in [0.3, 0.4) is 0 Å². The number of thiophene rings is 1. The van der Waals surface area contributed by atoms with Gasteiger partial charge in [-0.2, -0.15) is 0 Å². The van der Waals surface area contributed by atoms with Gasteiger partial charge in [-0.3, -0.25) is 0 Å². The minimum atomic E-state index is -2.21. The van der Waals surface area contributed by atoms with Crippen molar-refractivity contribution in [3.05, 3.63) is 53.9 Å². The van der Waals surface area contributed by atoms with Gasteiger partial charge in [-0.15, -0.1) is 11.3 Å². The maximum absolute atomic E-state index is 13.7. The summed E-state index contributed by atoms with van der Waals surface area (Å²) in [6.07, 6.45) is 0. The van der Waals surface area contributed by atoms with E-state index in [-0.39, 0.29) is 5.56 Å². The van der Waals surface area contributed by atoms with E-state index >= 15 is 0 Å². The van der Waals surface area contributed by atoms with Gasteiger partial charge in [-0.05, 0) is 43.5 Å². The van der Waals surface area contributed by atoms with Crippen LogP contribution in [0.2, 0.25) is 0 Å². The highest BCUT2D eigenvalue weighted by molar-refractivity contribution is 9.12. The Morgan fingerprint density at radius 1 is 0.900 bits per heavy atom. The Labute approximate surface area is 130 Å². The maximum atomic E-state index is 13.7. The van der Waals surface area contributed by atoms with E-state index in [1.165, 1.54) is 6.07 Å². The van der Waals surface area contributed by atoms with E-state index in [4.69, 9.17) is 5.73 Å². The fraction of sp³-hybridized carbons (Fsp3) is 0.0909. The Hall–Kier alpha value is -0.510. The monoisotopic (exact) mass is 435 g/mol. The summed E-state index contributed by atoms with van der Waals surface area (Å²) >= 11 is 7.42. The Morgan fingerprint density at radius 2 is 1.35 bits per heavy atom. The lowest BCUT2D eigenvalue weighted by Gasteiger charge is -2.15. The molecule has 1 unspecified atom stereocenters. The Kier molecular flexibility index (Phi) is 4.53. The highest BCUT2D eigenvalue weighted by atomic mass is 79.9. The molecular weight excluding hydrogens is 433 g/mol. The van der Waals surface area contributed by atoms with Crippen LogP contribution in [0.5, 0.6) is 0 Å². The smallest absolute Gasteiger partial charge is 0.200 e. The molecule has 0 radical (unpaired) electrons. The van der Waals surface area contributed by atoms with Crippen molar-refractivity contribution in [1.29, 1.82) is 0 Å². The van der Waals surface area contributed by atoms with Crippen molar-refractivity contribution >= 4 is 43.2 Å². The van der Waals surface area contributed by atoms with Gasteiger partial charge < -0.3 is 5.73 Å². The zero-order valence-electron chi connectivity index (χ0n) is 9.29. The third-order valence-electron chi connectivity index (χ3n) is 2.57. The molecule has 2 N–H and O–H groups in total. The van der Waals surface area contributed by atoms with Crippen molar-refractivity contribution in [3.8, 4) is 0 Å². The molecule has 20 heavy (non-hydrogen) atoms. The molecule has 1 nitrogen and oxygen atoms in total. The molecular formula is C11H4Br2F5NS. The van der Waals surface area contributed by atoms with Gasteiger partial charge in [0.1, 0.15) is 0 Å². The highest BCUT2D eigenvalue weighted by Gasteiger charge is 2.30. The van der Waals surface area contributed by atoms with Crippen LogP contribution in [0.15, 0.2) is 13.6 Å². The van der Waals surface area contributed by atoms with E-state index in [9.17, 15) is 22.0 Å². The second-order valence-corrected chi connectivity index (χ2v) is 7.49. The number of halogens is 7. The van der Waals surface area contributed by atoms with Crippen LogP contribution in [0.1, 0.15) is 17.2 Å². The predicted octanol–water partition coefficient (Wildman–Crippen LogP) is 5.02. The molecule has 0 saturated heterocycles. The van der Waals surface area contributed by atoms with Gasteiger partial charge in [0, 0.05) is 0 Å². The van der Waals surface area contributed by atoms with E-state index < -0.39 is 40.7 Å².